The molecule has 30 heavy (non-hydrogen) atoms. The van der Waals surface area contributed by atoms with E-state index in [1.54, 1.807) is 10.7 Å². The molecule has 0 bridgehead atoms. The SMILES string of the molecule is O=C(O)c1nn(-c2ccc(CN3CCOCC3)cc2)c2c1CSc1cc(F)ccc1-2. The van der Waals surface area contributed by atoms with E-state index in [0.29, 0.717) is 11.3 Å². The van der Waals surface area contributed by atoms with E-state index in [9.17, 15) is 14.3 Å². The second kappa shape index (κ2) is 7.86. The van der Waals surface area contributed by atoms with Crippen molar-refractivity contribution in [2.75, 3.05) is 26.3 Å². The average molecular weight is 425 g/mol. The summed E-state index contributed by atoms with van der Waals surface area (Å²) >= 11 is 1.44. The highest BCUT2D eigenvalue weighted by Gasteiger charge is 2.29. The molecule has 8 heteroatoms. The Morgan fingerprint density at radius 1 is 1.17 bits per heavy atom. The van der Waals surface area contributed by atoms with Crippen molar-refractivity contribution in [3.05, 3.63) is 65.1 Å². The lowest BCUT2D eigenvalue weighted by Crippen LogP contribution is -2.35. The van der Waals surface area contributed by atoms with Gasteiger partial charge in [-0.2, -0.15) is 5.10 Å². The van der Waals surface area contributed by atoms with E-state index >= 15 is 0 Å². The highest BCUT2D eigenvalue weighted by atomic mass is 32.2. The smallest absolute Gasteiger partial charge is 0.356 e. The quantitative estimate of drug-likeness (QED) is 0.686. The third kappa shape index (κ3) is 3.51. The molecule has 1 N–H and O–H groups in total. The Labute approximate surface area is 177 Å². The molecule has 0 amide bonds. The van der Waals surface area contributed by atoms with Crippen LogP contribution in [-0.2, 0) is 17.0 Å². The van der Waals surface area contributed by atoms with Crippen LogP contribution in [-0.4, -0.2) is 52.1 Å². The second-order valence-electron chi connectivity index (χ2n) is 7.38. The van der Waals surface area contributed by atoms with Crippen LogP contribution in [0.2, 0.25) is 0 Å². The number of rotatable bonds is 4. The van der Waals surface area contributed by atoms with Gasteiger partial charge in [-0.25, -0.2) is 13.9 Å². The molecular weight excluding hydrogens is 405 g/mol. The fourth-order valence-electron chi connectivity index (χ4n) is 3.94. The molecule has 154 valence electrons. The first-order valence-electron chi connectivity index (χ1n) is 9.77. The molecule has 2 aliphatic heterocycles. The third-order valence-corrected chi connectivity index (χ3v) is 6.53. The van der Waals surface area contributed by atoms with Gasteiger partial charge in [0.05, 0.1) is 24.6 Å². The van der Waals surface area contributed by atoms with Gasteiger partial charge in [-0.1, -0.05) is 12.1 Å². The van der Waals surface area contributed by atoms with Crippen molar-refractivity contribution in [1.29, 1.82) is 0 Å². The molecule has 3 heterocycles. The average Bonchev–Trinajstić information content (AvgIpc) is 3.15. The Morgan fingerprint density at radius 2 is 1.93 bits per heavy atom. The predicted molar refractivity (Wildman–Crippen MR) is 112 cm³/mol. The molecule has 0 radical (unpaired) electrons. The third-order valence-electron chi connectivity index (χ3n) is 5.45. The zero-order chi connectivity index (χ0) is 20.7. The fourth-order valence-corrected chi connectivity index (χ4v) is 5.03. The van der Waals surface area contributed by atoms with E-state index in [1.165, 1.54) is 29.5 Å². The van der Waals surface area contributed by atoms with Crippen molar-refractivity contribution >= 4 is 17.7 Å². The topological polar surface area (TPSA) is 67.6 Å². The summed E-state index contributed by atoms with van der Waals surface area (Å²) in [4.78, 5) is 14.9. The first kappa shape index (κ1) is 19.3. The maximum absolute atomic E-state index is 13.7. The van der Waals surface area contributed by atoms with Crippen molar-refractivity contribution in [3.8, 4) is 16.9 Å². The van der Waals surface area contributed by atoms with Crippen LogP contribution < -0.4 is 0 Å². The second-order valence-corrected chi connectivity index (χ2v) is 8.39. The van der Waals surface area contributed by atoms with Crippen molar-refractivity contribution < 1.29 is 19.0 Å². The van der Waals surface area contributed by atoms with Crippen LogP contribution in [0.5, 0.6) is 0 Å². The number of ether oxygens (including phenoxy) is 1. The summed E-state index contributed by atoms with van der Waals surface area (Å²) in [5.74, 6) is -0.912. The molecule has 1 aromatic heterocycles. The lowest BCUT2D eigenvalue weighted by molar-refractivity contribution is 0.0342. The summed E-state index contributed by atoms with van der Waals surface area (Å²) in [6, 6.07) is 12.6. The number of nitrogens with zero attached hydrogens (tertiary/aromatic N) is 3. The molecular formula is C22H20FN3O3S. The number of aromatic carboxylic acids is 1. The Hall–Kier alpha value is -2.68. The number of fused-ring (bicyclic) bond motifs is 3. The van der Waals surface area contributed by atoms with Gasteiger partial charge in [0.25, 0.3) is 0 Å². The Morgan fingerprint density at radius 3 is 2.67 bits per heavy atom. The van der Waals surface area contributed by atoms with Crippen molar-refractivity contribution in [3.63, 3.8) is 0 Å². The number of hydrogen-bond acceptors (Lipinski definition) is 5. The summed E-state index contributed by atoms with van der Waals surface area (Å²) in [5.41, 5.74) is 4.21. The number of benzene rings is 2. The minimum absolute atomic E-state index is 0.0462. The predicted octanol–water partition coefficient (Wildman–Crippen LogP) is 3.81. The summed E-state index contributed by atoms with van der Waals surface area (Å²) in [6.07, 6.45) is 0. The van der Waals surface area contributed by atoms with Gasteiger partial charge in [-0.15, -0.1) is 11.8 Å². The largest absolute Gasteiger partial charge is 0.476 e. The molecule has 6 nitrogen and oxygen atoms in total. The zero-order valence-electron chi connectivity index (χ0n) is 16.2. The van der Waals surface area contributed by atoms with E-state index in [4.69, 9.17) is 4.74 Å². The minimum Gasteiger partial charge on any atom is -0.476 e. The van der Waals surface area contributed by atoms with E-state index in [2.05, 4.69) is 10.00 Å². The number of aromatic nitrogens is 2. The zero-order valence-corrected chi connectivity index (χ0v) is 17.0. The maximum atomic E-state index is 13.7. The van der Waals surface area contributed by atoms with Gasteiger partial charge in [0, 0.05) is 41.4 Å². The van der Waals surface area contributed by atoms with Crippen LogP contribution in [0.25, 0.3) is 16.9 Å². The first-order valence-corrected chi connectivity index (χ1v) is 10.8. The van der Waals surface area contributed by atoms with Crippen LogP contribution in [0.15, 0.2) is 47.4 Å². The highest BCUT2D eigenvalue weighted by Crippen LogP contribution is 2.44. The molecule has 0 saturated carbocycles. The van der Waals surface area contributed by atoms with Crippen molar-refractivity contribution in [2.45, 2.75) is 17.2 Å². The van der Waals surface area contributed by atoms with E-state index in [1.807, 2.05) is 24.3 Å². The Balaban J connectivity index is 1.53. The van der Waals surface area contributed by atoms with Gasteiger partial charge in [0.1, 0.15) is 5.82 Å². The van der Waals surface area contributed by atoms with Gasteiger partial charge in [0.2, 0.25) is 0 Å². The molecule has 1 saturated heterocycles. The summed E-state index contributed by atoms with van der Waals surface area (Å²) in [6.45, 7) is 4.20. The Kier molecular flexibility index (Phi) is 5.06. The van der Waals surface area contributed by atoms with Gasteiger partial charge in [-0.05, 0) is 35.9 Å². The van der Waals surface area contributed by atoms with Crippen molar-refractivity contribution in [2.24, 2.45) is 0 Å². The number of carboxylic acids is 1. The molecule has 0 aliphatic carbocycles. The highest BCUT2D eigenvalue weighted by molar-refractivity contribution is 7.98. The van der Waals surface area contributed by atoms with Gasteiger partial charge < -0.3 is 9.84 Å². The number of hydrogen-bond donors (Lipinski definition) is 1. The number of carbonyl (C=O) groups is 1. The molecule has 0 atom stereocenters. The van der Waals surface area contributed by atoms with Crippen LogP contribution in [0, 0.1) is 5.82 Å². The first-order chi connectivity index (χ1) is 14.6. The lowest BCUT2D eigenvalue weighted by atomic mass is 10.1. The number of morpholine rings is 1. The van der Waals surface area contributed by atoms with Gasteiger partial charge in [0.15, 0.2) is 5.69 Å². The van der Waals surface area contributed by atoms with Crippen LogP contribution in [0.1, 0.15) is 21.6 Å². The van der Waals surface area contributed by atoms with Crippen LogP contribution >= 0.6 is 11.8 Å². The summed E-state index contributed by atoms with van der Waals surface area (Å²) < 4.78 is 20.8. The standard InChI is InChI=1S/C22H20FN3O3S/c23-15-3-6-17-19(11-15)30-13-18-20(22(27)28)24-26(21(17)18)16-4-1-14(2-5-16)12-25-7-9-29-10-8-25/h1-6,11H,7-10,12-13H2,(H,27,28). The van der Waals surface area contributed by atoms with Gasteiger partial charge >= 0.3 is 5.97 Å². The van der Waals surface area contributed by atoms with E-state index < -0.39 is 5.97 Å². The maximum Gasteiger partial charge on any atom is 0.356 e. The number of carboxylic acid groups (broad SMARTS) is 1. The molecule has 0 spiro atoms. The molecule has 2 aromatic carbocycles. The summed E-state index contributed by atoms with van der Waals surface area (Å²) in [5, 5.41) is 14.1. The fraction of sp³-hybridized carbons (Fsp3) is 0.273. The minimum atomic E-state index is -1.06. The molecule has 1 fully saturated rings. The van der Waals surface area contributed by atoms with E-state index in [0.717, 1.165) is 54.7 Å². The summed E-state index contributed by atoms with van der Waals surface area (Å²) in [7, 11) is 0. The molecule has 5 rings (SSSR count). The number of halogens is 1. The number of thioether (sulfide) groups is 1. The van der Waals surface area contributed by atoms with E-state index in [-0.39, 0.29) is 11.5 Å². The normalized spacial score (nSPS) is 16.2. The molecule has 0 unspecified atom stereocenters. The van der Waals surface area contributed by atoms with Crippen LogP contribution in [0.4, 0.5) is 4.39 Å². The molecule has 2 aliphatic rings. The monoisotopic (exact) mass is 425 g/mol. The lowest BCUT2D eigenvalue weighted by Gasteiger charge is -2.26. The molecule has 3 aromatic rings. The van der Waals surface area contributed by atoms with Crippen molar-refractivity contribution in [1.82, 2.24) is 14.7 Å². The Bertz CT molecular complexity index is 1110. The van der Waals surface area contributed by atoms with Crippen LogP contribution in [0.3, 0.4) is 0 Å². The van der Waals surface area contributed by atoms with Gasteiger partial charge in [-0.3, -0.25) is 4.90 Å².